The van der Waals surface area contributed by atoms with Crippen LogP contribution in [0, 0.1) is 0 Å². The summed E-state index contributed by atoms with van der Waals surface area (Å²) in [5, 5.41) is 3.53. The molecule has 2 amide bonds. The monoisotopic (exact) mass is 346 g/mol. The minimum absolute atomic E-state index is 0.169. The van der Waals surface area contributed by atoms with Crippen LogP contribution in [0.4, 0.5) is 4.79 Å². The van der Waals surface area contributed by atoms with Crippen LogP contribution in [-0.4, -0.2) is 37.2 Å². The lowest BCUT2D eigenvalue weighted by molar-refractivity contribution is 0.0904. The molecule has 2 aromatic rings. The molecule has 6 heteroatoms. The Morgan fingerprint density at radius 3 is 2.83 bits per heavy atom. The van der Waals surface area contributed by atoms with E-state index in [-0.39, 0.29) is 12.1 Å². The van der Waals surface area contributed by atoms with Gasteiger partial charge in [0.2, 0.25) is 0 Å². The van der Waals surface area contributed by atoms with Crippen LogP contribution in [0.5, 0.6) is 11.5 Å². The summed E-state index contributed by atoms with van der Waals surface area (Å²) >= 11 is 5.96. The van der Waals surface area contributed by atoms with E-state index in [1.54, 1.807) is 11.9 Å². The van der Waals surface area contributed by atoms with Crippen LogP contribution in [0.1, 0.15) is 5.56 Å². The van der Waals surface area contributed by atoms with Crippen molar-refractivity contribution in [3.8, 4) is 11.5 Å². The third-order valence-electron chi connectivity index (χ3n) is 3.70. The largest absolute Gasteiger partial charge is 0.486 e. The van der Waals surface area contributed by atoms with Gasteiger partial charge in [0.25, 0.3) is 0 Å². The van der Waals surface area contributed by atoms with E-state index < -0.39 is 0 Å². The Morgan fingerprint density at radius 1 is 1.25 bits per heavy atom. The van der Waals surface area contributed by atoms with Gasteiger partial charge in [-0.1, -0.05) is 35.9 Å². The summed E-state index contributed by atoms with van der Waals surface area (Å²) in [4.78, 5) is 13.8. The Labute approximate surface area is 146 Å². The van der Waals surface area contributed by atoms with E-state index in [0.717, 1.165) is 11.3 Å². The second-order valence-corrected chi connectivity index (χ2v) is 6.11. The fraction of sp³-hybridized carbons (Fsp3) is 0.278. The van der Waals surface area contributed by atoms with E-state index in [4.69, 9.17) is 21.1 Å². The number of benzene rings is 2. The van der Waals surface area contributed by atoms with Crippen molar-refractivity contribution in [2.75, 3.05) is 20.2 Å². The van der Waals surface area contributed by atoms with Gasteiger partial charge in [-0.3, -0.25) is 0 Å². The minimum Gasteiger partial charge on any atom is -0.486 e. The lowest BCUT2D eigenvalue weighted by Gasteiger charge is -2.27. The van der Waals surface area contributed by atoms with Gasteiger partial charge in [0.05, 0.1) is 6.54 Å². The molecule has 0 aromatic heterocycles. The maximum atomic E-state index is 12.2. The molecule has 1 heterocycles. The van der Waals surface area contributed by atoms with Crippen LogP contribution < -0.4 is 14.8 Å². The van der Waals surface area contributed by atoms with E-state index in [0.29, 0.717) is 30.5 Å². The van der Waals surface area contributed by atoms with Gasteiger partial charge in [-0.2, -0.15) is 0 Å². The average Bonchev–Trinajstić information content (AvgIpc) is 2.59. The number of hydrogen-bond donors (Lipinski definition) is 1. The van der Waals surface area contributed by atoms with E-state index >= 15 is 0 Å². The van der Waals surface area contributed by atoms with Crippen molar-refractivity contribution in [1.82, 2.24) is 10.2 Å². The van der Waals surface area contributed by atoms with Gasteiger partial charge in [0.15, 0.2) is 17.6 Å². The Morgan fingerprint density at radius 2 is 2.04 bits per heavy atom. The number of ether oxygens (including phenoxy) is 2. The Bertz CT molecular complexity index is 723. The molecule has 2 aromatic carbocycles. The number of urea groups is 1. The van der Waals surface area contributed by atoms with Gasteiger partial charge in [0, 0.05) is 18.6 Å². The Hall–Kier alpha value is -2.40. The molecule has 1 aliphatic rings. The molecule has 126 valence electrons. The first-order valence-corrected chi connectivity index (χ1v) is 8.11. The first-order valence-electron chi connectivity index (χ1n) is 7.74. The SMILES string of the molecule is CN(Cc1cccc(Cl)c1)C(=O)NC[C@@H]1COc2ccccc2O1. The van der Waals surface area contributed by atoms with Crippen molar-refractivity contribution < 1.29 is 14.3 Å². The molecule has 0 saturated carbocycles. The number of hydrogen-bond acceptors (Lipinski definition) is 3. The quantitative estimate of drug-likeness (QED) is 0.924. The van der Waals surface area contributed by atoms with Crippen molar-refractivity contribution in [2.45, 2.75) is 12.6 Å². The summed E-state index contributed by atoms with van der Waals surface area (Å²) in [5.74, 6) is 1.44. The number of nitrogens with one attached hydrogen (secondary N) is 1. The van der Waals surface area contributed by atoms with Crippen LogP contribution in [0.2, 0.25) is 5.02 Å². The van der Waals surface area contributed by atoms with Crippen LogP contribution in [0.25, 0.3) is 0 Å². The molecule has 24 heavy (non-hydrogen) atoms. The van der Waals surface area contributed by atoms with Crippen LogP contribution in [0.3, 0.4) is 0 Å². The molecule has 0 unspecified atom stereocenters. The molecule has 0 aliphatic carbocycles. The molecular weight excluding hydrogens is 328 g/mol. The molecule has 0 radical (unpaired) electrons. The van der Waals surface area contributed by atoms with Crippen molar-refractivity contribution in [3.63, 3.8) is 0 Å². The highest BCUT2D eigenvalue weighted by molar-refractivity contribution is 6.30. The summed E-state index contributed by atoms with van der Waals surface area (Å²) in [6.07, 6.45) is -0.205. The summed E-state index contributed by atoms with van der Waals surface area (Å²) in [6, 6.07) is 14.8. The van der Waals surface area contributed by atoms with Gasteiger partial charge in [-0.25, -0.2) is 4.79 Å². The first-order chi connectivity index (χ1) is 11.6. The third kappa shape index (κ3) is 4.11. The second-order valence-electron chi connectivity index (χ2n) is 5.67. The number of halogens is 1. The van der Waals surface area contributed by atoms with Crippen molar-refractivity contribution in [2.24, 2.45) is 0 Å². The molecule has 5 nitrogen and oxygen atoms in total. The van der Waals surface area contributed by atoms with Gasteiger partial charge < -0.3 is 19.7 Å². The first kappa shape index (κ1) is 16.5. The van der Waals surface area contributed by atoms with E-state index in [1.807, 2.05) is 48.5 Å². The maximum Gasteiger partial charge on any atom is 0.317 e. The fourth-order valence-corrected chi connectivity index (χ4v) is 2.69. The number of rotatable bonds is 4. The standard InChI is InChI=1S/C18H19ClN2O3/c1-21(11-13-5-4-6-14(19)9-13)18(22)20-10-15-12-23-16-7-2-3-8-17(16)24-15/h2-9,15H,10-12H2,1H3,(H,20,22)/t15-/m1/s1. The fourth-order valence-electron chi connectivity index (χ4n) is 2.48. The zero-order valence-electron chi connectivity index (χ0n) is 13.4. The summed E-state index contributed by atoms with van der Waals surface area (Å²) in [7, 11) is 1.74. The normalized spacial score (nSPS) is 15.7. The van der Waals surface area contributed by atoms with E-state index in [1.165, 1.54) is 0 Å². The van der Waals surface area contributed by atoms with Gasteiger partial charge in [-0.15, -0.1) is 0 Å². The van der Waals surface area contributed by atoms with Crippen LogP contribution >= 0.6 is 11.6 Å². The Kier molecular flexibility index (Phi) is 5.11. The van der Waals surface area contributed by atoms with Crippen molar-refractivity contribution >= 4 is 17.6 Å². The van der Waals surface area contributed by atoms with E-state index in [2.05, 4.69) is 5.32 Å². The smallest absolute Gasteiger partial charge is 0.317 e. The molecule has 1 aliphatic heterocycles. The highest BCUT2D eigenvalue weighted by Gasteiger charge is 2.21. The predicted molar refractivity (Wildman–Crippen MR) is 92.7 cm³/mol. The lowest BCUT2D eigenvalue weighted by Crippen LogP contribution is -2.44. The zero-order valence-corrected chi connectivity index (χ0v) is 14.1. The number of amides is 2. The van der Waals surface area contributed by atoms with Crippen molar-refractivity contribution in [1.29, 1.82) is 0 Å². The molecule has 3 rings (SSSR count). The summed E-state index contributed by atoms with van der Waals surface area (Å²) < 4.78 is 11.5. The molecule has 0 bridgehead atoms. The molecule has 1 N–H and O–H groups in total. The van der Waals surface area contributed by atoms with Gasteiger partial charge >= 0.3 is 6.03 Å². The number of fused-ring (bicyclic) bond motifs is 1. The Balaban J connectivity index is 1.49. The predicted octanol–water partition coefficient (Wildman–Crippen LogP) is 3.32. The van der Waals surface area contributed by atoms with Crippen molar-refractivity contribution in [3.05, 3.63) is 59.1 Å². The highest BCUT2D eigenvalue weighted by Crippen LogP contribution is 2.30. The molecule has 0 fully saturated rings. The number of nitrogens with zero attached hydrogens (tertiary/aromatic N) is 1. The molecule has 0 saturated heterocycles. The number of carbonyl (C=O) groups is 1. The van der Waals surface area contributed by atoms with Gasteiger partial charge in [-0.05, 0) is 29.8 Å². The summed E-state index contributed by atoms with van der Waals surface area (Å²) in [6.45, 7) is 1.28. The van der Waals surface area contributed by atoms with Crippen LogP contribution in [-0.2, 0) is 6.54 Å². The molecule has 0 spiro atoms. The topological polar surface area (TPSA) is 50.8 Å². The zero-order chi connectivity index (χ0) is 16.9. The lowest BCUT2D eigenvalue weighted by atomic mass is 10.2. The van der Waals surface area contributed by atoms with Gasteiger partial charge in [0.1, 0.15) is 6.61 Å². The summed E-state index contributed by atoms with van der Waals surface area (Å²) in [5.41, 5.74) is 0.978. The number of para-hydroxylation sites is 2. The molecule has 1 atom stereocenters. The van der Waals surface area contributed by atoms with Crippen LogP contribution in [0.15, 0.2) is 48.5 Å². The minimum atomic E-state index is -0.205. The van der Waals surface area contributed by atoms with E-state index in [9.17, 15) is 4.79 Å². The number of carbonyl (C=O) groups excluding carboxylic acids is 1. The maximum absolute atomic E-state index is 12.2. The second kappa shape index (κ2) is 7.45. The highest BCUT2D eigenvalue weighted by atomic mass is 35.5. The third-order valence-corrected chi connectivity index (χ3v) is 3.94. The molecular formula is C18H19ClN2O3. The average molecular weight is 347 g/mol.